The summed E-state index contributed by atoms with van der Waals surface area (Å²) in [6, 6.07) is 0.720. The Morgan fingerprint density at radius 1 is 1.38 bits per heavy atom. The fourth-order valence-corrected chi connectivity index (χ4v) is 2.34. The summed E-state index contributed by atoms with van der Waals surface area (Å²) < 4.78 is 0. The van der Waals surface area contributed by atoms with E-state index in [1.54, 1.807) is 0 Å². The molecule has 3 N–H and O–H groups in total. The molecule has 2 unspecified atom stereocenters. The van der Waals surface area contributed by atoms with E-state index in [-0.39, 0.29) is 18.7 Å². The maximum Gasteiger partial charge on any atom is 0.0602 e. The van der Waals surface area contributed by atoms with Gasteiger partial charge in [0.15, 0.2) is 0 Å². The van der Waals surface area contributed by atoms with Gasteiger partial charge in [-0.05, 0) is 39.0 Å². The molecule has 0 amide bonds. The Bertz CT molecular complexity index is 192. The summed E-state index contributed by atoms with van der Waals surface area (Å²) >= 11 is 0. The number of aliphatic hydroxyl groups excluding tert-OH is 1. The van der Waals surface area contributed by atoms with E-state index in [1.807, 2.05) is 0 Å². The van der Waals surface area contributed by atoms with Gasteiger partial charge in [-0.15, -0.1) is 0 Å². The van der Waals surface area contributed by atoms with Gasteiger partial charge in [0.1, 0.15) is 0 Å². The molecule has 1 saturated carbocycles. The summed E-state index contributed by atoms with van der Waals surface area (Å²) in [6.45, 7) is 7.84. The third kappa shape index (κ3) is 4.04. The van der Waals surface area contributed by atoms with E-state index >= 15 is 0 Å². The third-order valence-corrected chi connectivity index (χ3v) is 3.56. The van der Waals surface area contributed by atoms with E-state index in [9.17, 15) is 5.11 Å². The molecule has 2 atom stereocenters. The molecule has 0 heterocycles. The van der Waals surface area contributed by atoms with Crippen molar-refractivity contribution in [2.24, 2.45) is 11.7 Å². The Balaban J connectivity index is 2.55. The average molecular weight is 228 g/mol. The highest BCUT2D eigenvalue weighted by molar-refractivity contribution is 4.87. The summed E-state index contributed by atoms with van der Waals surface area (Å²) in [7, 11) is 0. The molecule has 96 valence electrons. The standard InChI is InChI=1S/C13H28N2O/c1-4-5-12(14)13(9-16)15(10(2)3)8-11-6-7-11/h10-13,16H,4-9,14H2,1-3H3. The van der Waals surface area contributed by atoms with Crippen LogP contribution in [-0.4, -0.2) is 41.3 Å². The van der Waals surface area contributed by atoms with Crippen LogP contribution in [0.2, 0.25) is 0 Å². The van der Waals surface area contributed by atoms with Gasteiger partial charge in [-0.3, -0.25) is 4.90 Å². The minimum Gasteiger partial charge on any atom is -0.395 e. The molecule has 1 rings (SSSR count). The first-order valence-corrected chi connectivity index (χ1v) is 6.72. The first kappa shape index (κ1) is 13.9. The lowest BCUT2D eigenvalue weighted by Crippen LogP contribution is -2.53. The molecule has 0 aliphatic heterocycles. The van der Waals surface area contributed by atoms with Gasteiger partial charge in [-0.1, -0.05) is 13.3 Å². The molecule has 0 spiro atoms. The predicted molar refractivity (Wildman–Crippen MR) is 68.3 cm³/mol. The molecule has 3 nitrogen and oxygen atoms in total. The van der Waals surface area contributed by atoms with E-state index in [1.165, 1.54) is 12.8 Å². The van der Waals surface area contributed by atoms with Crippen molar-refractivity contribution in [1.29, 1.82) is 0 Å². The zero-order chi connectivity index (χ0) is 12.1. The van der Waals surface area contributed by atoms with Gasteiger partial charge in [-0.2, -0.15) is 0 Å². The minimum atomic E-state index is 0.108. The van der Waals surface area contributed by atoms with Crippen LogP contribution < -0.4 is 5.73 Å². The van der Waals surface area contributed by atoms with Crippen LogP contribution >= 0.6 is 0 Å². The number of nitrogens with two attached hydrogens (primary N) is 1. The normalized spacial score (nSPS) is 20.4. The summed E-state index contributed by atoms with van der Waals surface area (Å²) in [5, 5.41) is 9.55. The second-order valence-corrected chi connectivity index (χ2v) is 5.44. The summed E-state index contributed by atoms with van der Waals surface area (Å²) in [5.41, 5.74) is 6.17. The number of hydrogen-bond acceptors (Lipinski definition) is 3. The smallest absolute Gasteiger partial charge is 0.0602 e. The third-order valence-electron chi connectivity index (χ3n) is 3.56. The van der Waals surface area contributed by atoms with Gasteiger partial charge < -0.3 is 10.8 Å². The lowest BCUT2D eigenvalue weighted by Gasteiger charge is -2.37. The van der Waals surface area contributed by atoms with Crippen LogP contribution in [0.1, 0.15) is 46.5 Å². The van der Waals surface area contributed by atoms with Crippen LogP contribution in [0.4, 0.5) is 0 Å². The molecule has 1 fully saturated rings. The molecule has 0 aromatic rings. The molecule has 0 aromatic carbocycles. The van der Waals surface area contributed by atoms with Crippen molar-refractivity contribution in [1.82, 2.24) is 4.90 Å². The predicted octanol–water partition coefficient (Wildman–Crippen LogP) is 1.60. The fraction of sp³-hybridized carbons (Fsp3) is 1.00. The first-order chi connectivity index (χ1) is 7.60. The van der Waals surface area contributed by atoms with Crippen LogP contribution in [0.5, 0.6) is 0 Å². The van der Waals surface area contributed by atoms with Gasteiger partial charge in [0.05, 0.1) is 6.61 Å². The first-order valence-electron chi connectivity index (χ1n) is 6.72. The number of rotatable bonds is 8. The maximum atomic E-state index is 9.55. The Kier molecular flexibility index (Phi) is 5.73. The maximum absolute atomic E-state index is 9.55. The van der Waals surface area contributed by atoms with Crippen LogP contribution in [0.25, 0.3) is 0 Å². The second kappa shape index (κ2) is 6.58. The largest absolute Gasteiger partial charge is 0.395 e. The highest BCUT2D eigenvalue weighted by atomic mass is 16.3. The van der Waals surface area contributed by atoms with Crippen molar-refractivity contribution >= 4 is 0 Å². The Morgan fingerprint density at radius 3 is 2.38 bits per heavy atom. The molecule has 0 aromatic heterocycles. The topological polar surface area (TPSA) is 49.5 Å². The van der Waals surface area contributed by atoms with Crippen LogP contribution in [0.3, 0.4) is 0 Å². The molecule has 16 heavy (non-hydrogen) atoms. The fourth-order valence-electron chi connectivity index (χ4n) is 2.34. The highest BCUT2D eigenvalue weighted by Gasteiger charge is 2.31. The van der Waals surface area contributed by atoms with Crippen molar-refractivity contribution in [3.8, 4) is 0 Å². The molecule has 0 bridgehead atoms. The average Bonchev–Trinajstić information content (AvgIpc) is 3.01. The zero-order valence-corrected chi connectivity index (χ0v) is 11.0. The van der Waals surface area contributed by atoms with Crippen molar-refractivity contribution < 1.29 is 5.11 Å². The van der Waals surface area contributed by atoms with E-state index in [2.05, 4.69) is 25.7 Å². The van der Waals surface area contributed by atoms with Gasteiger partial charge in [-0.25, -0.2) is 0 Å². The molecule has 1 aliphatic rings. The Labute approximate surface area is 100 Å². The van der Waals surface area contributed by atoms with Crippen LogP contribution in [0, 0.1) is 5.92 Å². The van der Waals surface area contributed by atoms with Gasteiger partial charge in [0.2, 0.25) is 0 Å². The quantitative estimate of drug-likeness (QED) is 0.663. The number of hydrogen-bond donors (Lipinski definition) is 2. The monoisotopic (exact) mass is 228 g/mol. The number of aliphatic hydroxyl groups is 1. The SMILES string of the molecule is CCCC(N)C(CO)N(CC1CC1)C(C)C. The Hall–Kier alpha value is -0.120. The summed E-state index contributed by atoms with van der Waals surface area (Å²) in [4.78, 5) is 2.40. The van der Waals surface area contributed by atoms with Crippen molar-refractivity contribution in [3.05, 3.63) is 0 Å². The summed E-state index contributed by atoms with van der Waals surface area (Å²) in [5.74, 6) is 0.852. The lowest BCUT2D eigenvalue weighted by atomic mass is 10.0. The van der Waals surface area contributed by atoms with E-state index in [0.717, 1.165) is 25.3 Å². The van der Waals surface area contributed by atoms with E-state index in [0.29, 0.717) is 6.04 Å². The molecule has 0 saturated heterocycles. The van der Waals surface area contributed by atoms with Gasteiger partial charge >= 0.3 is 0 Å². The lowest BCUT2D eigenvalue weighted by molar-refractivity contribution is 0.0719. The summed E-state index contributed by atoms with van der Waals surface area (Å²) in [6.07, 6.45) is 4.79. The molecular formula is C13H28N2O. The molecule has 0 radical (unpaired) electrons. The van der Waals surface area contributed by atoms with E-state index in [4.69, 9.17) is 5.73 Å². The highest BCUT2D eigenvalue weighted by Crippen LogP contribution is 2.31. The van der Waals surface area contributed by atoms with Crippen LogP contribution in [0.15, 0.2) is 0 Å². The van der Waals surface area contributed by atoms with Crippen molar-refractivity contribution in [3.63, 3.8) is 0 Å². The minimum absolute atomic E-state index is 0.108. The molecule has 3 heteroatoms. The number of nitrogens with zero attached hydrogens (tertiary/aromatic N) is 1. The zero-order valence-electron chi connectivity index (χ0n) is 11.0. The molecular weight excluding hydrogens is 200 g/mol. The van der Waals surface area contributed by atoms with Gasteiger partial charge in [0, 0.05) is 24.7 Å². The molecule has 1 aliphatic carbocycles. The van der Waals surface area contributed by atoms with Gasteiger partial charge in [0.25, 0.3) is 0 Å². The van der Waals surface area contributed by atoms with Crippen molar-refractivity contribution in [2.75, 3.05) is 13.2 Å². The van der Waals surface area contributed by atoms with Crippen LogP contribution in [-0.2, 0) is 0 Å². The van der Waals surface area contributed by atoms with Crippen molar-refractivity contribution in [2.45, 2.75) is 64.6 Å². The Morgan fingerprint density at radius 2 is 2.00 bits per heavy atom. The second-order valence-electron chi connectivity index (χ2n) is 5.44. The van der Waals surface area contributed by atoms with E-state index < -0.39 is 0 Å².